The lowest BCUT2D eigenvalue weighted by atomic mass is 9.78. The van der Waals surface area contributed by atoms with E-state index in [0.29, 0.717) is 19.2 Å². The van der Waals surface area contributed by atoms with Crippen molar-refractivity contribution < 1.29 is 14.3 Å². The van der Waals surface area contributed by atoms with Crippen LogP contribution in [0.1, 0.15) is 65.2 Å². The summed E-state index contributed by atoms with van der Waals surface area (Å²) >= 11 is 0. The van der Waals surface area contributed by atoms with E-state index < -0.39 is 0 Å². The largest absolute Gasteiger partial charge is 0.465 e. The van der Waals surface area contributed by atoms with Crippen molar-refractivity contribution in [3.63, 3.8) is 0 Å². The minimum absolute atomic E-state index is 0.0878. The van der Waals surface area contributed by atoms with Gasteiger partial charge in [0.1, 0.15) is 0 Å². The quantitative estimate of drug-likeness (QED) is 0.706. The van der Waals surface area contributed by atoms with Crippen molar-refractivity contribution in [2.45, 2.75) is 76.9 Å². The van der Waals surface area contributed by atoms with Gasteiger partial charge >= 0.3 is 5.97 Å². The van der Waals surface area contributed by atoms with Gasteiger partial charge in [0.05, 0.1) is 18.8 Å². The minimum atomic E-state index is -0.0878. The highest BCUT2D eigenvalue weighted by Gasteiger charge is 2.40. The number of hydrogen-bond acceptors (Lipinski definition) is 4. The van der Waals surface area contributed by atoms with Gasteiger partial charge in [0.2, 0.25) is 0 Å². The number of ether oxygens (including phenoxy) is 2. The molecule has 4 nitrogen and oxygen atoms in total. The van der Waals surface area contributed by atoms with Gasteiger partial charge in [-0.1, -0.05) is 26.2 Å². The van der Waals surface area contributed by atoms with Crippen molar-refractivity contribution >= 4 is 5.97 Å². The molecule has 122 valence electrons. The highest BCUT2D eigenvalue weighted by atomic mass is 16.5. The molecule has 21 heavy (non-hydrogen) atoms. The van der Waals surface area contributed by atoms with Crippen molar-refractivity contribution in [3.05, 3.63) is 0 Å². The van der Waals surface area contributed by atoms with Crippen LogP contribution >= 0.6 is 0 Å². The number of esters is 1. The third kappa shape index (κ3) is 4.68. The molecule has 1 heterocycles. The lowest BCUT2D eigenvalue weighted by Gasteiger charge is -2.46. The van der Waals surface area contributed by atoms with Crippen LogP contribution in [0.15, 0.2) is 0 Å². The average Bonchev–Trinajstić information content (AvgIpc) is 2.48. The van der Waals surface area contributed by atoms with Gasteiger partial charge in [0, 0.05) is 12.6 Å². The van der Waals surface area contributed by atoms with Gasteiger partial charge in [-0.15, -0.1) is 0 Å². The molecule has 1 aliphatic carbocycles. The zero-order valence-corrected chi connectivity index (χ0v) is 13.7. The third-order valence-corrected chi connectivity index (χ3v) is 4.90. The molecule has 0 radical (unpaired) electrons. The molecule has 4 heteroatoms. The first-order valence-corrected chi connectivity index (χ1v) is 8.73. The number of carbonyl (C=O) groups excluding carboxylic acids is 1. The van der Waals surface area contributed by atoms with Crippen LogP contribution in [0.4, 0.5) is 0 Å². The van der Waals surface area contributed by atoms with E-state index in [4.69, 9.17) is 9.47 Å². The van der Waals surface area contributed by atoms with Crippen molar-refractivity contribution in [3.8, 4) is 0 Å². The molecule has 1 spiro atoms. The number of hydrogen-bond donors (Lipinski definition) is 0. The Balaban J connectivity index is 1.96. The van der Waals surface area contributed by atoms with Gasteiger partial charge in [-0.05, 0) is 45.6 Å². The molecular formula is C17H31NO3. The van der Waals surface area contributed by atoms with E-state index in [9.17, 15) is 4.79 Å². The first kappa shape index (κ1) is 16.8. The average molecular weight is 297 g/mol. The van der Waals surface area contributed by atoms with Gasteiger partial charge in [-0.2, -0.15) is 0 Å². The number of rotatable bonds is 6. The van der Waals surface area contributed by atoms with E-state index in [-0.39, 0.29) is 11.6 Å². The second-order valence-corrected chi connectivity index (χ2v) is 6.51. The fourth-order valence-electron chi connectivity index (χ4n) is 3.91. The van der Waals surface area contributed by atoms with E-state index >= 15 is 0 Å². The molecule has 0 amide bonds. The first-order chi connectivity index (χ1) is 10.2. The molecule has 1 atom stereocenters. The van der Waals surface area contributed by atoms with Crippen LogP contribution in [0.25, 0.3) is 0 Å². The van der Waals surface area contributed by atoms with E-state index in [0.717, 1.165) is 32.4 Å². The van der Waals surface area contributed by atoms with Crippen molar-refractivity contribution in [1.29, 1.82) is 0 Å². The maximum atomic E-state index is 11.8. The van der Waals surface area contributed by atoms with Gasteiger partial charge in [0.15, 0.2) is 0 Å². The van der Waals surface area contributed by atoms with Crippen LogP contribution < -0.4 is 0 Å². The maximum absolute atomic E-state index is 11.8. The molecule has 1 aliphatic heterocycles. The Bertz CT molecular complexity index is 320. The summed E-state index contributed by atoms with van der Waals surface area (Å²) in [5.41, 5.74) is 0.0990. The zero-order valence-electron chi connectivity index (χ0n) is 13.7. The predicted octanol–water partition coefficient (Wildman–Crippen LogP) is 3.14. The molecule has 0 N–H and O–H groups in total. The second-order valence-electron chi connectivity index (χ2n) is 6.51. The standard InChI is InChI=1S/C17H31NO3/c1-3-11-18(14-16(19)20-4-2)15-8-12-21-17(13-15)9-6-5-7-10-17/h15H,3-14H2,1-2H3. The summed E-state index contributed by atoms with van der Waals surface area (Å²) in [6.45, 7) is 6.76. The zero-order chi connectivity index (χ0) is 15.1. The van der Waals surface area contributed by atoms with Crippen molar-refractivity contribution in [2.24, 2.45) is 0 Å². The number of nitrogens with zero attached hydrogens (tertiary/aromatic N) is 1. The van der Waals surface area contributed by atoms with Gasteiger partial charge in [-0.25, -0.2) is 0 Å². The Hall–Kier alpha value is -0.610. The smallest absolute Gasteiger partial charge is 0.320 e. The van der Waals surface area contributed by atoms with Gasteiger partial charge < -0.3 is 9.47 Å². The fourth-order valence-corrected chi connectivity index (χ4v) is 3.91. The Kier molecular flexibility index (Phi) is 6.49. The maximum Gasteiger partial charge on any atom is 0.320 e. The molecule has 2 aliphatic rings. The Labute approximate surface area is 129 Å². The monoisotopic (exact) mass is 297 g/mol. The molecule has 1 saturated heterocycles. The van der Waals surface area contributed by atoms with E-state index in [1.165, 1.54) is 32.1 Å². The molecular weight excluding hydrogens is 266 g/mol. The second kappa shape index (κ2) is 8.14. The fraction of sp³-hybridized carbons (Fsp3) is 0.941. The molecule has 0 bridgehead atoms. The number of carbonyl (C=O) groups is 1. The molecule has 0 aromatic carbocycles. The highest BCUT2D eigenvalue weighted by Crippen LogP contribution is 2.39. The Morgan fingerprint density at radius 2 is 2.05 bits per heavy atom. The van der Waals surface area contributed by atoms with Crippen molar-refractivity contribution in [1.82, 2.24) is 4.90 Å². The first-order valence-electron chi connectivity index (χ1n) is 8.73. The SMILES string of the molecule is CCCN(CC(=O)OCC)C1CCOC2(CCCCC2)C1. The molecule has 0 aromatic rings. The summed E-state index contributed by atoms with van der Waals surface area (Å²) in [7, 11) is 0. The topological polar surface area (TPSA) is 38.8 Å². The van der Waals surface area contributed by atoms with Crippen LogP contribution in [0.2, 0.25) is 0 Å². The van der Waals surface area contributed by atoms with E-state index in [1.807, 2.05) is 6.92 Å². The molecule has 1 saturated carbocycles. The van der Waals surface area contributed by atoms with Crippen LogP contribution in [0, 0.1) is 0 Å². The van der Waals surface area contributed by atoms with Crippen LogP contribution in [-0.4, -0.2) is 48.8 Å². The normalized spacial score (nSPS) is 25.2. The summed E-state index contributed by atoms with van der Waals surface area (Å²) < 4.78 is 11.3. The summed E-state index contributed by atoms with van der Waals surface area (Å²) in [6.07, 6.45) is 9.52. The summed E-state index contributed by atoms with van der Waals surface area (Å²) in [6, 6.07) is 0.473. The third-order valence-electron chi connectivity index (χ3n) is 4.90. The molecule has 2 rings (SSSR count). The lowest BCUT2D eigenvalue weighted by molar-refractivity contribution is -0.150. The van der Waals surface area contributed by atoms with E-state index in [2.05, 4.69) is 11.8 Å². The molecule has 0 aromatic heterocycles. The summed E-state index contributed by atoms with van der Waals surface area (Å²) in [5, 5.41) is 0. The van der Waals surface area contributed by atoms with Crippen LogP contribution in [0.3, 0.4) is 0 Å². The van der Waals surface area contributed by atoms with Gasteiger partial charge in [-0.3, -0.25) is 9.69 Å². The minimum Gasteiger partial charge on any atom is -0.465 e. The summed E-state index contributed by atoms with van der Waals surface area (Å²) in [4.78, 5) is 14.2. The van der Waals surface area contributed by atoms with Crippen LogP contribution in [0.5, 0.6) is 0 Å². The predicted molar refractivity (Wildman–Crippen MR) is 83.3 cm³/mol. The van der Waals surface area contributed by atoms with Crippen molar-refractivity contribution in [2.75, 3.05) is 26.3 Å². The molecule has 1 unspecified atom stereocenters. The Morgan fingerprint density at radius 3 is 2.71 bits per heavy atom. The van der Waals surface area contributed by atoms with Gasteiger partial charge in [0.25, 0.3) is 0 Å². The highest BCUT2D eigenvalue weighted by molar-refractivity contribution is 5.71. The molecule has 2 fully saturated rings. The van der Waals surface area contributed by atoms with Crippen LogP contribution in [-0.2, 0) is 14.3 Å². The summed E-state index contributed by atoms with van der Waals surface area (Å²) in [5.74, 6) is -0.0878. The Morgan fingerprint density at radius 1 is 1.29 bits per heavy atom. The lowest BCUT2D eigenvalue weighted by Crippen LogP contribution is -2.51. The van der Waals surface area contributed by atoms with E-state index in [1.54, 1.807) is 0 Å².